The second kappa shape index (κ2) is 6.03. The van der Waals surface area contributed by atoms with Gasteiger partial charge in [-0.1, -0.05) is 12.1 Å². The highest BCUT2D eigenvalue weighted by Gasteiger charge is 2.60. The first kappa shape index (κ1) is 19.0. The van der Waals surface area contributed by atoms with Crippen LogP contribution >= 0.6 is 0 Å². The van der Waals surface area contributed by atoms with Gasteiger partial charge in [-0.25, -0.2) is 4.79 Å². The highest BCUT2D eigenvalue weighted by molar-refractivity contribution is 5.79. The van der Waals surface area contributed by atoms with Crippen molar-refractivity contribution in [2.75, 3.05) is 6.54 Å². The number of aliphatic hydroxyl groups is 1. The van der Waals surface area contributed by atoms with E-state index in [1.54, 1.807) is 12.1 Å². The fourth-order valence-corrected chi connectivity index (χ4v) is 6.74. The molecule has 0 aromatic heterocycles. The third-order valence-electron chi connectivity index (χ3n) is 7.53. The van der Waals surface area contributed by atoms with Crippen molar-refractivity contribution in [2.45, 2.75) is 62.6 Å². The number of urea groups is 1. The molecule has 1 aliphatic heterocycles. The molecule has 2 amide bonds. The molecule has 1 aromatic carbocycles. The van der Waals surface area contributed by atoms with Gasteiger partial charge in [0.2, 0.25) is 0 Å². The quantitative estimate of drug-likeness (QED) is 0.798. The summed E-state index contributed by atoms with van der Waals surface area (Å²) in [6, 6.07) is 5.73. The molecule has 6 rings (SSSR count). The van der Waals surface area contributed by atoms with Gasteiger partial charge < -0.3 is 20.1 Å². The monoisotopic (exact) mass is 410 g/mol. The lowest BCUT2D eigenvalue weighted by molar-refractivity contribution is -0.274. The van der Waals surface area contributed by atoms with Crippen LogP contribution in [0.2, 0.25) is 0 Å². The Labute approximate surface area is 167 Å². The number of hydrogen-bond acceptors (Lipinski definition) is 3. The number of rotatable bonds is 3. The van der Waals surface area contributed by atoms with Crippen molar-refractivity contribution in [3.63, 3.8) is 0 Å². The second-order valence-electron chi connectivity index (χ2n) is 9.56. The lowest BCUT2D eigenvalue weighted by atomic mass is 9.51. The molecule has 5 nitrogen and oxygen atoms in total. The summed E-state index contributed by atoms with van der Waals surface area (Å²) in [6.07, 6.45) is -0.352. The number of benzene rings is 1. The summed E-state index contributed by atoms with van der Waals surface area (Å²) in [4.78, 5) is 14.8. The third kappa shape index (κ3) is 3.07. The molecular formula is C21H25F3N2O3. The van der Waals surface area contributed by atoms with Crippen LogP contribution < -0.4 is 10.1 Å². The van der Waals surface area contributed by atoms with Gasteiger partial charge in [0.25, 0.3) is 0 Å². The second-order valence-corrected chi connectivity index (χ2v) is 9.56. The van der Waals surface area contributed by atoms with E-state index in [9.17, 15) is 23.1 Å². The minimum absolute atomic E-state index is 0.0467. The Bertz CT molecular complexity index is 811. The fraction of sp³-hybridized carbons (Fsp3) is 0.667. The van der Waals surface area contributed by atoms with Crippen LogP contribution in [0.25, 0.3) is 0 Å². The number of alkyl halides is 3. The molecule has 1 heterocycles. The summed E-state index contributed by atoms with van der Waals surface area (Å²) in [5, 5.41) is 13.8. The Morgan fingerprint density at radius 2 is 1.76 bits per heavy atom. The Hall–Kier alpha value is -1.96. The molecule has 8 heteroatoms. The van der Waals surface area contributed by atoms with Crippen LogP contribution in [0.5, 0.6) is 5.75 Å². The van der Waals surface area contributed by atoms with Crippen LogP contribution in [0.1, 0.15) is 44.6 Å². The molecule has 158 valence electrons. The largest absolute Gasteiger partial charge is 0.573 e. The van der Waals surface area contributed by atoms with Gasteiger partial charge in [0.1, 0.15) is 5.75 Å². The van der Waals surface area contributed by atoms with E-state index in [1.807, 2.05) is 11.8 Å². The summed E-state index contributed by atoms with van der Waals surface area (Å²) in [7, 11) is 0. The van der Waals surface area contributed by atoms with Crippen LogP contribution in [0.3, 0.4) is 0 Å². The zero-order chi connectivity index (χ0) is 20.6. The minimum Gasteiger partial charge on any atom is -0.406 e. The molecule has 3 atom stereocenters. The predicted octanol–water partition coefficient (Wildman–Crippen LogP) is 3.77. The molecule has 29 heavy (non-hydrogen) atoms. The minimum atomic E-state index is -4.73. The molecule has 2 N–H and O–H groups in total. The highest BCUT2D eigenvalue weighted by atomic mass is 19.4. The first-order valence-corrected chi connectivity index (χ1v) is 10.2. The normalized spacial score (nSPS) is 41.0. The standard InChI is InChI=1S/C21H25F3N2O3/c1-19(15-2-4-16(5-3-15)29-21(22,23)24)11-25-18(27)26(19)17-13-6-12-7-14(17)10-20(28,8-12)9-13/h2-5,12-14,17,28H,6-11H2,1H3,(H,25,27). The van der Waals surface area contributed by atoms with Crippen molar-refractivity contribution >= 4 is 6.03 Å². The average Bonchev–Trinajstić information content (AvgIpc) is 2.89. The lowest BCUT2D eigenvalue weighted by Crippen LogP contribution is -2.64. The fourth-order valence-electron chi connectivity index (χ4n) is 6.74. The number of hydrogen-bond donors (Lipinski definition) is 2. The molecule has 3 unspecified atom stereocenters. The van der Waals surface area contributed by atoms with Crippen molar-refractivity contribution in [3.05, 3.63) is 29.8 Å². The Kier molecular flexibility index (Phi) is 3.96. The Morgan fingerprint density at radius 1 is 1.14 bits per heavy atom. The number of nitrogens with zero attached hydrogens (tertiary/aromatic N) is 1. The van der Waals surface area contributed by atoms with E-state index in [0.717, 1.165) is 37.7 Å². The van der Waals surface area contributed by atoms with Gasteiger partial charge in [0, 0.05) is 12.6 Å². The number of carbonyl (C=O) groups excluding carboxylic acids is 1. The summed E-state index contributed by atoms with van der Waals surface area (Å²) < 4.78 is 41.4. The molecule has 1 saturated heterocycles. The van der Waals surface area contributed by atoms with E-state index < -0.39 is 17.5 Å². The van der Waals surface area contributed by atoms with Crippen LogP contribution in [-0.2, 0) is 5.54 Å². The Balaban J connectivity index is 1.45. The average molecular weight is 410 g/mol. The SMILES string of the molecule is CC1(c2ccc(OC(F)(F)F)cc2)CNC(=O)N1C1C2CC3CC1CC(O)(C3)C2. The van der Waals surface area contributed by atoms with Gasteiger partial charge >= 0.3 is 12.4 Å². The number of ether oxygens (including phenoxy) is 1. The number of carbonyl (C=O) groups is 1. The molecule has 4 saturated carbocycles. The maximum absolute atomic E-state index is 12.9. The van der Waals surface area contributed by atoms with Gasteiger partial charge in [-0.05, 0) is 74.5 Å². The van der Waals surface area contributed by atoms with Gasteiger partial charge in [0.05, 0.1) is 11.1 Å². The molecule has 0 spiro atoms. The Morgan fingerprint density at radius 3 is 2.31 bits per heavy atom. The summed E-state index contributed by atoms with van der Waals surface area (Å²) in [6.45, 7) is 2.36. The molecule has 5 fully saturated rings. The van der Waals surface area contributed by atoms with Gasteiger partial charge in [-0.15, -0.1) is 13.2 Å². The zero-order valence-corrected chi connectivity index (χ0v) is 16.2. The highest BCUT2D eigenvalue weighted by Crippen LogP contribution is 2.58. The predicted molar refractivity (Wildman–Crippen MR) is 98.0 cm³/mol. The van der Waals surface area contributed by atoms with Crippen LogP contribution in [0.15, 0.2) is 24.3 Å². The van der Waals surface area contributed by atoms with Gasteiger partial charge in [0.15, 0.2) is 0 Å². The lowest BCUT2D eigenvalue weighted by Gasteiger charge is -2.61. The van der Waals surface area contributed by atoms with E-state index in [1.165, 1.54) is 12.1 Å². The van der Waals surface area contributed by atoms with Gasteiger partial charge in [-0.3, -0.25) is 0 Å². The van der Waals surface area contributed by atoms with Crippen molar-refractivity contribution < 1.29 is 27.8 Å². The molecule has 5 aliphatic rings. The van der Waals surface area contributed by atoms with Crippen molar-refractivity contribution in [1.29, 1.82) is 0 Å². The first-order valence-electron chi connectivity index (χ1n) is 10.2. The van der Waals surface area contributed by atoms with E-state index in [4.69, 9.17) is 0 Å². The first-order chi connectivity index (χ1) is 13.6. The summed E-state index contributed by atoms with van der Waals surface area (Å²) in [5.41, 5.74) is -0.468. The smallest absolute Gasteiger partial charge is 0.406 e. The van der Waals surface area contributed by atoms with E-state index in [-0.39, 0.29) is 29.7 Å². The third-order valence-corrected chi connectivity index (χ3v) is 7.53. The van der Waals surface area contributed by atoms with Crippen LogP contribution in [0.4, 0.5) is 18.0 Å². The van der Waals surface area contributed by atoms with Crippen molar-refractivity contribution in [1.82, 2.24) is 10.2 Å². The van der Waals surface area contributed by atoms with Crippen LogP contribution in [0, 0.1) is 17.8 Å². The topological polar surface area (TPSA) is 61.8 Å². The summed E-state index contributed by atoms with van der Waals surface area (Å²) in [5.74, 6) is 0.791. The molecule has 0 radical (unpaired) electrons. The zero-order valence-electron chi connectivity index (χ0n) is 16.2. The van der Waals surface area contributed by atoms with Crippen LogP contribution in [-0.4, -0.2) is 40.6 Å². The molecule has 1 aromatic rings. The van der Waals surface area contributed by atoms with E-state index in [0.29, 0.717) is 12.5 Å². The maximum Gasteiger partial charge on any atom is 0.573 e. The maximum atomic E-state index is 12.9. The van der Waals surface area contributed by atoms with Crippen molar-refractivity contribution in [2.24, 2.45) is 17.8 Å². The van der Waals surface area contributed by atoms with Crippen molar-refractivity contribution in [3.8, 4) is 5.75 Å². The van der Waals surface area contributed by atoms with E-state index in [2.05, 4.69) is 10.1 Å². The molecular weight excluding hydrogens is 385 g/mol. The number of amides is 2. The number of halogens is 3. The number of nitrogens with one attached hydrogen (secondary N) is 1. The molecule has 4 aliphatic carbocycles. The summed E-state index contributed by atoms with van der Waals surface area (Å²) >= 11 is 0. The molecule has 4 bridgehead atoms. The van der Waals surface area contributed by atoms with Gasteiger partial charge in [-0.2, -0.15) is 0 Å². The van der Waals surface area contributed by atoms with E-state index >= 15 is 0 Å².